The summed E-state index contributed by atoms with van der Waals surface area (Å²) in [6, 6.07) is 5.96. The van der Waals surface area contributed by atoms with Gasteiger partial charge in [-0.15, -0.1) is 0 Å². The second-order valence-corrected chi connectivity index (χ2v) is 5.47. The van der Waals surface area contributed by atoms with Crippen LogP contribution in [-0.2, 0) is 0 Å². The van der Waals surface area contributed by atoms with E-state index in [-0.39, 0.29) is 5.28 Å². The Labute approximate surface area is 121 Å². The van der Waals surface area contributed by atoms with Crippen molar-refractivity contribution in [1.82, 2.24) is 9.97 Å². The minimum atomic E-state index is 0.213. The molecule has 6 heteroatoms. The SMILES string of the molecule is Cc1cc(Nc2nc(Cl)ncc2Br)ccc1Br. The van der Waals surface area contributed by atoms with Gasteiger partial charge >= 0.3 is 0 Å². The molecule has 0 saturated carbocycles. The van der Waals surface area contributed by atoms with Gasteiger partial charge in [0.25, 0.3) is 0 Å². The molecule has 2 rings (SSSR count). The highest BCUT2D eigenvalue weighted by Gasteiger charge is 2.05. The third kappa shape index (κ3) is 3.18. The van der Waals surface area contributed by atoms with Gasteiger partial charge in [-0.3, -0.25) is 0 Å². The van der Waals surface area contributed by atoms with Crippen LogP contribution in [0.5, 0.6) is 0 Å². The summed E-state index contributed by atoms with van der Waals surface area (Å²) < 4.78 is 1.84. The summed E-state index contributed by atoms with van der Waals surface area (Å²) in [6.07, 6.45) is 1.61. The first-order chi connectivity index (χ1) is 8.06. The van der Waals surface area contributed by atoms with Crippen molar-refractivity contribution in [3.05, 3.63) is 44.2 Å². The molecule has 2 aromatic rings. The van der Waals surface area contributed by atoms with Crippen LogP contribution in [0.15, 0.2) is 33.3 Å². The van der Waals surface area contributed by atoms with Crippen LogP contribution in [0.1, 0.15) is 5.56 Å². The molecular weight excluding hydrogens is 369 g/mol. The number of aromatic nitrogens is 2. The molecule has 17 heavy (non-hydrogen) atoms. The zero-order valence-corrected chi connectivity index (χ0v) is 12.8. The maximum atomic E-state index is 5.75. The molecule has 1 aromatic heterocycles. The first-order valence-corrected chi connectivity index (χ1v) is 6.74. The standard InChI is InChI=1S/C11H8Br2ClN3/c1-6-4-7(2-3-8(6)12)16-10-9(13)5-15-11(14)17-10/h2-5H,1H3,(H,15,16,17). The van der Waals surface area contributed by atoms with Crippen molar-refractivity contribution in [2.75, 3.05) is 5.32 Å². The molecule has 0 atom stereocenters. The Bertz CT molecular complexity index is 560. The summed E-state index contributed by atoms with van der Waals surface area (Å²) in [5.41, 5.74) is 2.09. The lowest BCUT2D eigenvalue weighted by molar-refractivity contribution is 1.15. The highest BCUT2D eigenvalue weighted by Crippen LogP contribution is 2.26. The van der Waals surface area contributed by atoms with Crippen LogP contribution >= 0.6 is 43.5 Å². The van der Waals surface area contributed by atoms with E-state index in [0.717, 1.165) is 20.2 Å². The van der Waals surface area contributed by atoms with Crippen molar-refractivity contribution in [3.63, 3.8) is 0 Å². The van der Waals surface area contributed by atoms with Crippen molar-refractivity contribution in [1.29, 1.82) is 0 Å². The van der Waals surface area contributed by atoms with Crippen LogP contribution in [0.2, 0.25) is 5.28 Å². The third-order valence-corrected chi connectivity index (χ3v) is 3.79. The van der Waals surface area contributed by atoms with Gasteiger partial charge in [0.15, 0.2) is 0 Å². The average Bonchev–Trinajstić information content (AvgIpc) is 2.29. The average molecular weight is 377 g/mol. The molecule has 1 heterocycles. The Morgan fingerprint density at radius 2 is 2.00 bits per heavy atom. The molecule has 3 nitrogen and oxygen atoms in total. The van der Waals surface area contributed by atoms with Gasteiger partial charge in [-0.25, -0.2) is 4.98 Å². The molecule has 0 saturated heterocycles. The van der Waals surface area contributed by atoms with E-state index in [4.69, 9.17) is 11.6 Å². The quantitative estimate of drug-likeness (QED) is 0.771. The topological polar surface area (TPSA) is 37.8 Å². The Morgan fingerprint density at radius 1 is 1.24 bits per heavy atom. The Morgan fingerprint density at radius 3 is 2.71 bits per heavy atom. The smallest absolute Gasteiger partial charge is 0.224 e. The Kier molecular flexibility index (Phi) is 4.01. The zero-order valence-electron chi connectivity index (χ0n) is 8.84. The van der Waals surface area contributed by atoms with Crippen LogP contribution < -0.4 is 5.32 Å². The summed E-state index contributed by atoms with van der Waals surface area (Å²) in [7, 11) is 0. The fourth-order valence-corrected chi connectivity index (χ4v) is 1.96. The molecule has 0 aliphatic carbocycles. The molecule has 88 valence electrons. The first-order valence-electron chi connectivity index (χ1n) is 4.77. The third-order valence-electron chi connectivity index (χ3n) is 2.14. The van der Waals surface area contributed by atoms with Crippen LogP contribution in [0, 0.1) is 6.92 Å². The second kappa shape index (κ2) is 5.33. The van der Waals surface area contributed by atoms with Gasteiger partial charge in [-0.2, -0.15) is 4.98 Å². The predicted molar refractivity (Wildman–Crippen MR) is 76.9 cm³/mol. The molecule has 0 fully saturated rings. The Hall–Kier alpha value is -0.650. The highest BCUT2D eigenvalue weighted by molar-refractivity contribution is 9.10. The number of nitrogens with one attached hydrogen (secondary N) is 1. The summed E-state index contributed by atoms with van der Waals surface area (Å²) >= 11 is 12.6. The lowest BCUT2D eigenvalue weighted by atomic mass is 10.2. The molecule has 0 unspecified atom stereocenters. The fraction of sp³-hybridized carbons (Fsp3) is 0.0909. The van der Waals surface area contributed by atoms with Gasteiger partial charge < -0.3 is 5.32 Å². The maximum absolute atomic E-state index is 5.75. The number of rotatable bonds is 2. The molecule has 0 amide bonds. The molecule has 0 bridgehead atoms. The van der Waals surface area contributed by atoms with E-state index in [2.05, 4.69) is 47.1 Å². The highest BCUT2D eigenvalue weighted by atomic mass is 79.9. The van der Waals surface area contributed by atoms with Crippen LogP contribution in [0.25, 0.3) is 0 Å². The van der Waals surface area contributed by atoms with Gasteiger partial charge in [0, 0.05) is 16.4 Å². The lowest BCUT2D eigenvalue weighted by Gasteiger charge is -2.08. The van der Waals surface area contributed by atoms with Crippen molar-refractivity contribution in [2.45, 2.75) is 6.92 Å². The largest absolute Gasteiger partial charge is 0.339 e. The van der Waals surface area contributed by atoms with E-state index in [0.29, 0.717) is 5.82 Å². The van der Waals surface area contributed by atoms with Crippen LogP contribution in [-0.4, -0.2) is 9.97 Å². The normalized spacial score (nSPS) is 10.4. The van der Waals surface area contributed by atoms with E-state index >= 15 is 0 Å². The second-order valence-electron chi connectivity index (χ2n) is 3.42. The Balaban J connectivity index is 2.31. The molecular formula is C11H8Br2ClN3. The van der Waals surface area contributed by atoms with E-state index in [1.165, 1.54) is 0 Å². The van der Waals surface area contributed by atoms with E-state index in [9.17, 15) is 0 Å². The zero-order chi connectivity index (χ0) is 12.4. The maximum Gasteiger partial charge on any atom is 0.224 e. The predicted octanol–water partition coefficient (Wildman–Crippen LogP) is 4.71. The first kappa shape index (κ1) is 12.8. The number of halogens is 3. The summed E-state index contributed by atoms with van der Waals surface area (Å²) in [5, 5.41) is 3.39. The number of anilines is 2. The van der Waals surface area contributed by atoms with Gasteiger partial charge in [0.1, 0.15) is 5.82 Å². The molecule has 0 spiro atoms. The van der Waals surface area contributed by atoms with E-state index < -0.39 is 0 Å². The van der Waals surface area contributed by atoms with E-state index in [1.54, 1.807) is 6.20 Å². The number of hydrogen-bond acceptors (Lipinski definition) is 3. The van der Waals surface area contributed by atoms with Crippen molar-refractivity contribution >= 4 is 55.0 Å². The molecule has 1 aromatic carbocycles. The fourth-order valence-electron chi connectivity index (χ4n) is 1.29. The monoisotopic (exact) mass is 375 g/mol. The van der Waals surface area contributed by atoms with Gasteiger partial charge in [-0.05, 0) is 58.2 Å². The van der Waals surface area contributed by atoms with Crippen molar-refractivity contribution in [3.8, 4) is 0 Å². The van der Waals surface area contributed by atoms with Gasteiger partial charge in [0.2, 0.25) is 5.28 Å². The number of nitrogens with zero attached hydrogens (tertiary/aromatic N) is 2. The number of aryl methyl sites for hydroxylation is 1. The molecule has 0 radical (unpaired) electrons. The molecule has 0 aliphatic heterocycles. The molecule has 1 N–H and O–H groups in total. The van der Waals surface area contributed by atoms with Crippen molar-refractivity contribution in [2.24, 2.45) is 0 Å². The summed E-state index contributed by atoms with van der Waals surface area (Å²) in [4.78, 5) is 7.98. The lowest BCUT2D eigenvalue weighted by Crippen LogP contribution is -1.96. The summed E-state index contributed by atoms with van der Waals surface area (Å²) in [6.45, 7) is 2.03. The van der Waals surface area contributed by atoms with Crippen LogP contribution in [0.4, 0.5) is 11.5 Å². The molecule has 0 aliphatic rings. The van der Waals surface area contributed by atoms with Gasteiger partial charge in [-0.1, -0.05) is 15.9 Å². The number of benzene rings is 1. The van der Waals surface area contributed by atoms with E-state index in [1.807, 2.05) is 25.1 Å². The summed E-state index contributed by atoms with van der Waals surface area (Å²) in [5.74, 6) is 0.645. The van der Waals surface area contributed by atoms with Crippen LogP contribution in [0.3, 0.4) is 0 Å². The minimum absolute atomic E-state index is 0.213. The van der Waals surface area contributed by atoms with Gasteiger partial charge in [0.05, 0.1) is 4.47 Å². The van der Waals surface area contributed by atoms with Crippen molar-refractivity contribution < 1.29 is 0 Å². The number of hydrogen-bond donors (Lipinski definition) is 1. The minimum Gasteiger partial charge on any atom is -0.339 e.